The van der Waals surface area contributed by atoms with Crippen molar-refractivity contribution in [2.24, 2.45) is 0 Å². The Balaban J connectivity index is 1.75. The van der Waals surface area contributed by atoms with Gasteiger partial charge < -0.3 is 19.5 Å². The molecule has 0 amide bonds. The van der Waals surface area contributed by atoms with E-state index in [1.165, 1.54) is 7.11 Å². The van der Waals surface area contributed by atoms with Crippen molar-refractivity contribution >= 4 is 23.3 Å². The summed E-state index contributed by atoms with van der Waals surface area (Å²) in [6, 6.07) is 17.4. The van der Waals surface area contributed by atoms with Crippen LogP contribution in [0.4, 0.5) is 0 Å². The molecule has 6 nitrogen and oxygen atoms in total. The maximum atomic E-state index is 11.7. The highest BCUT2D eigenvalue weighted by Gasteiger charge is 2.40. The molecule has 0 radical (unpaired) electrons. The largest absolute Gasteiger partial charge is 0.465 e. The summed E-state index contributed by atoms with van der Waals surface area (Å²) in [7, 11) is 1.38. The fourth-order valence-electron chi connectivity index (χ4n) is 3.81. The van der Waals surface area contributed by atoms with E-state index in [2.05, 4.69) is 32.8 Å². The summed E-state index contributed by atoms with van der Waals surface area (Å²) in [5, 5.41) is 4.16. The molecule has 0 saturated carbocycles. The van der Waals surface area contributed by atoms with Crippen molar-refractivity contribution in [3.63, 3.8) is 0 Å². The lowest BCUT2D eigenvalue weighted by Crippen LogP contribution is -2.30. The van der Waals surface area contributed by atoms with Gasteiger partial charge >= 0.3 is 5.97 Å². The third-order valence-electron chi connectivity index (χ3n) is 5.19. The molecule has 3 heterocycles. The molecule has 148 valence electrons. The Bertz CT molecular complexity index is 1020. The molecular weight excluding hydrogens is 384 g/mol. The summed E-state index contributed by atoms with van der Waals surface area (Å²) in [5.74, 6) is -0.345. The Hall–Kier alpha value is -3.19. The first kappa shape index (κ1) is 19.1. The minimum absolute atomic E-state index is 0.00214. The molecular formula is C22H22N4O2S. The van der Waals surface area contributed by atoms with E-state index in [-0.39, 0.29) is 18.1 Å². The Morgan fingerprint density at radius 2 is 1.97 bits per heavy atom. The Labute approximate surface area is 175 Å². The fourth-order valence-corrected chi connectivity index (χ4v) is 4.18. The number of hydrogen-bond acceptors (Lipinski definition) is 4. The molecule has 2 aromatic heterocycles. The number of ether oxygens (including phenoxy) is 1. The van der Waals surface area contributed by atoms with E-state index < -0.39 is 0 Å². The van der Waals surface area contributed by atoms with Gasteiger partial charge in [-0.25, -0.2) is 4.79 Å². The molecule has 1 fully saturated rings. The van der Waals surface area contributed by atoms with Gasteiger partial charge in [0.25, 0.3) is 0 Å². The Kier molecular flexibility index (Phi) is 5.31. The van der Waals surface area contributed by atoms with Crippen molar-refractivity contribution in [2.75, 3.05) is 13.7 Å². The smallest absolute Gasteiger partial charge is 0.337 e. The molecule has 1 aliphatic rings. The number of carbonyl (C=O) groups is 1. The van der Waals surface area contributed by atoms with Gasteiger partial charge in [0.2, 0.25) is 0 Å². The zero-order chi connectivity index (χ0) is 20.4. The molecule has 1 saturated heterocycles. The van der Waals surface area contributed by atoms with Crippen LogP contribution in [0.3, 0.4) is 0 Å². The van der Waals surface area contributed by atoms with Crippen LogP contribution in [0.2, 0.25) is 0 Å². The first-order valence-electron chi connectivity index (χ1n) is 9.48. The van der Waals surface area contributed by atoms with E-state index in [4.69, 9.17) is 17.0 Å². The average molecular weight is 407 g/mol. The number of methoxy groups -OCH3 is 1. The molecule has 3 aromatic rings. The van der Waals surface area contributed by atoms with E-state index in [0.717, 1.165) is 28.7 Å². The van der Waals surface area contributed by atoms with Crippen molar-refractivity contribution in [3.05, 3.63) is 83.9 Å². The van der Waals surface area contributed by atoms with Crippen LogP contribution < -0.4 is 5.32 Å². The van der Waals surface area contributed by atoms with Gasteiger partial charge in [0, 0.05) is 30.3 Å². The molecule has 0 bridgehead atoms. The normalized spacial score (nSPS) is 18.6. The molecule has 29 heavy (non-hydrogen) atoms. The van der Waals surface area contributed by atoms with Crippen LogP contribution >= 0.6 is 12.2 Å². The minimum Gasteiger partial charge on any atom is -0.465 e. The predicted octanol–water partition coefficient (Wildman–Crippen LogP) is 3.65. The molecule has 2 atom stereocenters. The lowest BCUT2D eigenvalue weighted by atomic mass is 10.0. The van der Waals surface area contributed by atoms with Crippen molar-refractivity contribution in [3.8, 4) is 5.69 Å². The summed E-state index contributed by atoms with van der Waals surface area (Å²) in [5.41, 5.74) is 3.53. The average Bonchev–Trinajstić information content (AvgIpc) is 3.37. The molecule has 0 unspecified atom stereocenters. The quantitative estimate of drug-likeness (QED) is 0.516. The summed E-state index contributed by atoms with van der Waals surface area (Å²) >= 11 is 5.61. The maximum Gasteiger partial charge on any atom is 0.337 e. The highest BCUT2D eigenvalue weighted by atomic mass is 32.1. The number of esters is 1. The number of aromatic nitrogens is 2. The van der Waals surface area contributed by atoms with Crippen LogP contribution in [0.25, 0.3) is 5.69 Å². The van der Waals surface area contributed by atoms with Crippen molar-refractivity contribution in [1.82, 2.24) is 19.8 Å². The van der Waals surface area contributed by atoms with Crippen molar-refractivity contribution < 1.29 is 9.53 Å². The summed E-state index contributed by atoms with van der Waals surface area (Å²) in [4.78, 5) is 18.5. The Morgan fingerprint density at radius 3 is 2.62 bits per heavy atom. The van der Waals surface area contributed by atoms with Crippen LogP contribution in [-0.4, -0.2) is 39.2 Å². The van der Waals surface area contributed by atoms with Gasteiger partial charge in [-0.3, -0.25) is 4.98 Å². The number of nitrogens with one attached hydrogen (secondary N) is 1. The van der Waals surface area contributed by atoms with Gasteiger partial charge in [-0.15, -0.1) is 0 Å². The maximum absolute atomic E-state index is 11.7. The molecule has 4 rings (SSSR count). The number of nitrogens with zero attached hydrogens (tertiary/aromatic N) is 3. The summed E-state index contributed by atoms with van der Waals surface area (Å²) in [6.45, 7) is 2.88. The Morgan fingerprint density at radius 1 is 1.17 bits per heavy atom. The van der Waals surface area contributed by atoms with Crippen LogP contribution in [0.5, 0.6) is 0 Å². The zero-order valence-corrected chi connectivity index (χ0v) is 17.1. The lowest BCUT2D eigenvalue weighted by molar-refractivity contribution is 0.0600. The topological polar surface area (TPSA) is 59.4 Å². The van der Waals surface area contributed by atoms with Gasteiger partial charge in [0.15, 0.2) is 5.11 Å². The molecule has 0 spiro atoms. The van der Waals surface area contributed by atoms with Crippen molar-refractivity contribution in [1.29, 1.82) is 0 Å². The number of likely N-dealkylation sites (N-methyl/N-ethyl adjacent to an activating group) is 1. The molecule has 7 heteroatoms. The number of benzene rings is 1. The lowest BCUT2D eigenvalue weighted by Gasteiger charge is -2.28. The molecule has 0 aliphatic carbocycles. The van der Waals surface area contributed by atoms with E-state index in [0.29, 0.717) is 5.56 Å². The first-order valence-corrected chi connectivity index (χ1v) is 9.89. The third kappa shape index (κ3) is 3.49. The summed E-state index contributed by atoms with van der Waals surface area (Å²) in [6.07, 6.45) is 3.82. The number of thiocarbonyl (C=S) groups is 1. The van der Waals surface area contributed by atoms with Crippen LogP contribution in [0.1, 0.15) is 40.8 Å². The van der Waals surface area contributed by atoms with E-state index in [1.54, 1.807) is 18.3 Å². The van der Waals surface area contributed by atoms with E-state index in [1.807, 2.05) is 42.6 Å². The van der Waals surface area contributed by atoms with Crippen LogP contribution in [-0.2, 0) is 4.74 Å². The molecule has 1 aromatic carbocycles. The second-order valence-electron chi connectivity index (χ2n) is 6.75. The van der Waals surface area contributed by atoms with E-state index in [9.17, 15) is 4.79 Å². The van der Waals surface area contributed by atoms with Crippen molar-refractivity contribution in [2.45, 2.75) is 19.0 Å². The van der Waals surface area contributed by atoms with Gasteiger partial charge in [-0.1, -0.05) is 6.07 Å². The summed E-state index contributed by atoms with van der Waals surface area (Å²) < 4.78 is 6.92. The zero-order valence-electron chi connectivity index (χ0n) is 16.3. The first-order chi connectivity index (χ1) is 14.1. The predicted molar refractivity (Wildman–Crippen MR) is 115 cm³/mol. The second kappa shape index (κ2) is 8.05. The molecule has 1 N–H and O–H groups in total. The van der Waals surface area contributed by atoms with Crippen LogP contribution in [0.15, 0.2) is 67.0 Å². The van der Waals surface area contributed by atoms with E-state index >= 15 is 0 Å². The van der Waals surface area contributed by atoms with Gasteiger partial charge in [-0.2, -0.15) is 0 Å². The highest BCUT2D eigenvalue weighted by molar-refractivity contribution is 7.80. The molecule has 1 aliphatic heterocycles. The monoisotopic (exact) mass is 406 g/mol. The van der Waals surface area contributed by atoms with Gasteiger partial charge in [0.05, 0.1) is 30.5 Å². The van der Waals surface area contributed by atoms with Gasteiger partial charge in [0.1, 0.15) is 0 Å². The fraction of sp³-hybridized carbons (Fsp3) is 0.227. The number of pyridine rings is 1. The number of carbonyl (C=O) groups excluding carboxylic acids is 1. The van der Waals surface area contributed by atoms with Gasteiger partial charge in [-0.05, 0) is 67.7 Å². The second-order valence-corrected chi connectivity index (χ2v) is 7.14. The third-order valence-corrected chi connectivity index (χ3v) is 5.54. The number of hydrogen-bond donors (Lipinski definition) is 1. The van der Waals surface area contributed by atoms with Crippen LogP contribution in [0, 0.1) is 0 Å². The standard InChI is InChI=1S/C22H22N4O2S/c1-3-25-20(19(24-22(25)29)17-7-4-5-13-23-17)18-8-6-14-26(18)16-11-9-15(10-12-16)21(27)28-2/h4-14,19-20H,3H2,1-2H3,(H,24,29)/t19-,20+/m0/s1. The highest BCUT2D eigenvalue weighted by Crippen LogP contribution is 2.39. The SMILES string of the molecule is CCN1C(=S)N[C@@H](c2ccccn2)[C@H]1c1cccn1-c1ccc(C(=O)OC)cc1. The number of rotatable bonds is 5. The minimum atomic E-state index is -0.345.